The fourth-order valence-electron chi connectivity index (χ4n) is 3.54. The molecule has 1 N–H and O–H groups in total. The molecular formula is C21H22N2S. The van der Waals surface area contributed by atoms with Crippen molar-refractivity contribution in [2.45, 2.75) is 26.9 Å². The molecule has 0 amide bonds. The Labute approximate surface area is 146 Å². The Balaban J connectivity index is 1.97. The fraction of sp³-hybridized carbons (Fsp3) is 0.238. The van der Waals surface area contributed by atoms with Crippen molar-refractivity contribution < 1.29 is 0 Å². The summed E-state index contributed by atoms with van der Waals surface area (Å²) in [5, 5.41) is 8.17. The van der Waals surface area contributed by atoms with Crippen LogP contribution in [0.1, 0.15) is 18.1 Å². The van der Waals surface area contributed by atoms with E-state index in [1.165, 1.54) is 43.4 Å². The molecular weight excluding hydrogens is 312 g/mol. The lowest BCUT2D eigenvalue weighted by Gasteiger charge is -2.05. The van der Waals surface area contributed by atoms with Crippen LogP contribution in [0.5, 0.6) is 0 Å². The molecule has 24 heavy (non-hydrogen) atoms. The van der Waals surface area contributed by atoms with Crippen LogP contribution in [-0.4, -0.2) is 11.6 Å². The molecule has 0 spiro atoms. The van der Waals surface area contributed by atoms with E-state index in [0.717, 1.165) is 13.1 Å². The van der Waals surface area contributed by atoms with Gasteiger partial charge in [-0.25, -0.2) is 0 Å². The maximum atomic E-state index is 3.25. The highest BCUT2D eigenvalue weighted by molar-refractivity contribution is 7.13. The van der Waals surface area contributed by atoms with Crippen molar-refractivity contribution in [1.29, 1.82) is 0 Å². The van der Waals surface area contributed by atoms with Crippen molar-refractivity contribution in [3.8, 4) is 10.4 Å². The second kappa shape index (κ2) is 6.08. The van der Waals surface area contributed by atoms with Crippen molar-refractivity contribution in [3.63, 3.8) is 0 Å². The number of aryl methyl sites for hydroxylation is 2. The second-order valence-electron chi connectivity index (χ2n) is 6.35. The predicted octanol–water partition coefficient (Wildman–Crippen LogP) is 5.57. The third kappa shape index (κ3) is 2.45. The molecule has 0 atom stereocenters. The lowest BCUT2D eigenvalue weighted by atomic mass is 10.1. The average Bonchev–Trinajstić information content (AvgIpc) is 3.15. The monoisotopic (exact) mass is 334 g/mol. The van der Waals surface area contributed by atoms with Gasteiger partial charge >= 0.3 is 0 Å². The predicted molar refractivity (Wildman–Crippen MR) is 106 cm³/mol. The van der Waals surface area contributed by atoms with Gasteiger partial charge in [-0.2, -0.15) is 0 Å². The van der Waals surface area contributed by atoms with Gasteiger partial charge in [0, 0.05) is 39.8 Å². The number of hydrogen-bond acceptors (Lipinski definition) is 2. The number of benzene rings is 2. The van der Waals surface area contributed by atoms with E-state index < -0.39 is 0 Å². The van der Waals surface area contributed by atoms with E-state index in [-0.39, 0.29) is 0 Å². The lowest BCUT2D eigenvalue weighted by Crippen LogP contribution is -2.04. The van der Waals surface area contributed by atoms with E-state index in [1.807, 2.05) is 18.4 Å². The van der Waals surface area contributed by atoms with Crippen LogP contribution in [0.25, 0.3) is 32.2 Å². The normalized spacial score (nSPS) is 11.6. The van der Waals surface area contributed by atoms with E-state index in [9.17, 15) is 0 Å². The number of nitrogens with one attached hydrogen (secondary N) is 1. The molecule has 0 unspecified atom stereocenters. The van der Waals surface area contributed by atoms with Crippen molar-refractivity contribution in [3.05, 3.63) is 59.0 Å². The standard InChI is InChI=1S/C21H22N2S/c1-4-23-19-8-5-15(12-22-3)10-18(19)17-7-6-16(11-20(17)23)21-9-14(2)13-24-21/h5-11,13,22H,4,12H2,1-3H3. The summed E-state index contributed by atoms with van der Waals surface area (Å²) in [6, 6.07) is 16.0. The molecule has 0 saturated heterocycles. The molecule has 0 bridgehead atoms. The molecule has 3 heteroatoms. The molecule has 0 aliphatic rings. The van der Waals surface area contributed by atoms with Crippen molar-refractivity contribution in [2.75, 3.05) is 7.05 Å². The molecule has 0 saturated carbocycles. The molecule has 0 fully saturated rings. The van der Waals surface area contributed by atoms with Gasteiger partial charge in [0.1, 0.15) is 0 Å². The number of rotatable bonds is 4. The van der Waals surface area contributed by atoms with E-state index in [1.54, 1.807) is 0 Å². The Kier molecular flexibility index (Phi) is 3.91. The molecule has 4 aromatic rings. The van der Waals surface area contributed by atoms with E-state index in [4.69, 9.17) is 0 Å². The molecule has 0 aliphatic heterocycles. The van der Waals surface area contributed by atoms with Crippen molar-refractivity contribution in [2.24, 2.45) is 0 Å². The molecule has 4 rings (SSSR count). The Bertz CT molecular complexity index is 1020. The lowest BCUT2D eigenvalue weighted by molar-refractivity contribution is 0.815. The van der Waals surface area contributed by atoms with Crippen molar-refractivity contribution >= 4 is 33.1 Å². The van der Waals surface area contributed by atoms with Crippen LogP contribution in [-0.2, 0) is 13.1 Å². The van der Waals surface area contributed by atoms with E-state index >= 15 is 0 Å². The Morgan fingerprint density at radius 1 is 1.00 bits per heavy atom. The van der Waals surface area contributed by atoms with E-state index in [2.05, 4.69) is 71.6 Å². The number of fused-ring (bicyclic) bond motifs is 3. The number of nitrogens with zero attached hydrogens (tertiary/aromatic N) is 1. The third-order valence-electron chi connectivity index (χ3n) is 4.64. The zero-order chi connectivity index (χ0) is 16.7. The summed E-state index contributed by atoms with van der Waals surface area (Å²) in [4.78, 5) is 1.35. The van der Waals surface area contributed by atoms with Gasteiger partial charge in [-0.05, 0) is 67.2 Å². The van der Waals surface area contributed by atoms with Crippen molar-refractivity contribution in [1.82, 2.24) is 9.88 Å². The van der Waals surface area contributed by atoms with Gasteiger partial charge in [0.2, 0.25) is 0 Å². The third-order valence-corrected chi connectivity index (χ3v) is 5.74. The minimum absolute atomic E-state index is 0.904. The second-order valence-corrected chi connectivity index (χ2v) is 7.26. The van der Waals surface area contributed by atoms with E-state index in [0.29, 0.717) is 0 Å². The highest BCUT2D eigenvalue weighted by Crippen LogP contribution is 2.34. The highest BCUT2D eigenvalue weighted by Gasteiger charge is 2.12. The summed E-state index contributed by atoms with van der Waals surface area (Å²) in [7, 11) is 1.99. The molecule has 122 valence electrons. The summed E-state index contributed by atoms with van der Waals surface area (Å²) in [5.74, 6) is 0. The Morgan fingerprint density at radius 2 is 1.88 bits per heavy atom. The van der Waals surface area contributed by atoms with Gasteiger partial charge in [0.15, 0.2) is 0 Å². The van der Waals surface area contributed by atoms with Gasteiger partial charge in [-0.3, -0.25) is 0 Å². The topological polar surface area (TPSA) is 17.0 Å². The van der Waals surface area contributed by atoms with Crippen LogP contribution in [0.2, 0.25) is 0 Å². The van der Waals surface area contributed by atoms with Gasteiger partial charge < -0.3 is 9.88 Å². The molecule has 0 radical (unpaired) electrons. The zero-order valence-electron chi connectivity index (χ0n) is 14.4. The van der Waals surface area contributed by atoms with Crippen LogP contribution in [0.15, 0.2) is 47.8 Å². The van der Waals surface area contributed by atoms with Gasteiger partial charge in [0.25, 0.3) is 0 Å². The maximum absolute atomic E-state index is 3.25. The first-order valence-electron chi connectivity index (χ1n) is 8.46. The number of hydrogen-bond donors (Lipinski definition) is 1. The van der Waals surface area contributed by atoms with Crippen LogP contribution in [0.3, 0.4) is 0 Å². The molecule has 2 aromatic heterocycles. The first-order chi connectivity index (χ1) is 11.7. The summed E-state index contributed by atoms with van der Waals surface area (Å²) < 4.78 is 2.43. The van der Waals surface area contributed by atoms with Gasteiger partial charge in [-0.15, -0.1) is 11.3 Å². The summed E-state index contributed by atoms with van der Waals surface area (Å²) >= 11 is 1.82. The summed E-state index contributed by atoms with van der Waals surface area (Å²) in [6.45, 7) is 6.27. The van der Waals surface area contributed by atoms with Gasteiger partial charge in [-0.1, -0.05) is 18.2 Å². The van der Waals surface area contributed by atoms with Crippen LogP contribution < -0.4 is 5.32 Å². The minimum atomic E-state index is 0.904. The molecule has 2 nitrogen and oxygen atoms in total. The molecule has 2 heterocycles. The first kappa shape index (κ1) is 15.4. The largest absolute Gasteiger partial charge is 0.341 e. The van der Waals surface area contributed by atoms with Crippen LogP contribution >= 0.6 is 11.3 Å². The minimum Gasteiger partial charge on any atom is -0.341 e. The Morgan fingerprint density at radius 3 is 2.58 bits per heavy atom. The average molecular weight is 334 g/mol. The SMILES string of the molecule is CCn1c2ccc(CNC)cc2c2ccc(-c3cc(C)cs3)cc21. The first-order valence-corrected chi connectivity index (χ1v) is 9.34. The van der Waals surface area contributed by atoms with Gasteiger partial charge in [0.05, 0.1) is 0 Å². The highest BCUT2D eigenvalue weighted by atomic mass is 32.1. The van der Waals surface area contributed by atoms with Crippen LogP contribution in [0.4, 0.5) is 0 Å². The summed E-state index contributed by atoms with van der Waals surface area (Å²) in [5.41, 5.74) is 6.64. The number of thiophene rings is 1. The number of aromatic nitrogens is 1. The zero-order valence-corrected chi connectivity index (χ0v) is 15.2. The quantitative estimate of drug-likeness (QED) is 0.516. The molecule has 2 aromatic carbocycles. The fourth-order valence-corrected chi connectivity index (χ4v) is 4.44. The summed E-state index contributed by atoms with van der Waals surface area (Å²) in [6.07, 6.45) is 0. The smallest absolute Gasteiger partial charge is 0.0497 e. The maximum Gasteiger partial charge on any atom is 0.0497 e. The molecule has 0 aliphatic carbocycles. The Hall–Kier alpha value is -2.10. The van der Waals surface area contributed by atoms with Crippen LogP contribution in [0, 0.1) is 6.92 Å².